The molecule has 0 bridgehead atoms. The number of hydrogen-bond acceptors (Lipinski definition) is 5. The van der Waals surface area contributed by atoms with Gasteiger partial charge in [-0.3, -0.25) is 4.98 Å². The van der Waals surface area contributed by atoms with Crippen molar-refractivity contribution in [2.45, 2.75) is 12.5 Å². The molecule has 2 aromatic rings. The topological polar surface area (TPSA) is 67.9 Å². The summed E-state index contributed by atoms with van der Waals surface area (Å²) in [5, 5.41) is 0. The van der Waals surface area contributed by atoms with Crippen molar-refractivity contribution in [2.24, 2.45) is 5.73 Å². The molecule has 0 aromatic carbocycles. The van der Waals surface area contributed by atoms with Gasteiger partial charge in [-0.15, -0.1) is 0 Å². The Kier molecular flexibility index (Phi) is 2.18. The third-order valence-corrected chi connectivity index (χ3v) is 2.87. The van der Waals surface area contributed by atoms with Crippen molar-refractivity contribution in [3.05, 3.63) is 24.5 Å². The van der Waals surface area contributed by atoms with E-state index in [9.17, 15) is 0 Å². The Hall–Kier alpha value is -1.75. The summed E-state index contributed by atoms with van der Waals surface area (Å²) in [6, 6.07) is 4.20. The first kappa shape index (κ1) is 9.47. The van der Waals surface area contributed by atoms with Crippen molar-refractivity contribution < 1.29 is 0 Å². The first-order valence-electron chi connectivity index (χ1n) is 5.41. The maximum Gasteiger partial charge on any atom is 0.180 e. The smallest absolute Gasteiger partial charge is 0.180 e. The zero-order valence-corrected chi connectivity index (χ0v) is 8.87. The summed E-state index contributed by atoms with van der Waals surface area (Å²) in [7, 11) is 0. The van der Waals surface area contributed by atoms with E-state index in [0.717, 1.165) is 30.8 Å². The molecule has 1 aliphatic rings. The van der Waals surface area contributed by atoms with Gasteiger partial charge in [-0.05, 0) is 18.6 Å². The summed E-state index contributed by atoms with van der Waals surface area (Å²) in [6.07, 6.45) is 4.37. The van der Waals surface area contributed by atoms with Crippen LogP contribution in [0.1, 0.15) is 6.42 Å². The van der Waals surface area contributed by atoms with Crippen LogP contribution in [-0.2, 0) is 0 Å². The highest BCUT2D eigenvalue weighted by atomic mass is 15.2. The molecular formula is C11H13N5. The largest absolute Gasteiger partial charge is 0.355 e. The summed E-state index contributed by atoms with van der Waals surface area (Å²) in [5.74, 6) is 0.945. The lowest BCUT2D eigenvalue weighted by atomic mass is 10.3. The number of aromatic nitrogens is 3. The first-order chi connectivity index (χ1) is 7.83. The molecular weight excluding hydrogens is 202 g/mol. The minimum Gasteiger partial charge on any atom is -0.355 e. The number of fused-ring (bicyclic) bond motifs is 1. The fourth-order valence-corrected chi connectivity index (χ4v) is 2.02. The molecule has 3 rings (SSSR count). The van der Waals surface area contributed by atoms with Crippen molar-refractivity contribution in [1.29, 1.82) is 0 Å². The molecule has 16 heavy (non-hydrogen) atoms. The minimum atomic E-state index is 0.263. The van der Waals surface area contributed by atoms with Gasteiger partial charge in [0.1, 0.15) is 11.3 Å². The van der Waals surface area contributed by atoms with Crippen LogP contribution >= 0.6 is 0 Å². The third-order valence-electron chi connectivity index (χ3n) is 2.87. The van der Waals surface area contributed by atoms with Crippen LogP contribution < -0.4 is 10.6 Å². The van der Waals surface area contributed by atoms with Crippen LogP contribution in [-0.4, -0.2) is 34.1 Å². The second-order valence-electron chi connectivity index (χ2n) is 4.06. The summed E-state index contributed by atoms with van der Waals surface area (Å²) in [6.45, 7) is 1.85. The van der Waals surface area contributed by atoms with Crippen molar-refractivity contribution >= 4 is 17.0 Å². The van der Waals surface area contributed by atoms with E-state index in [2.05, 4.69) is 19.9 Å². The van der Waals surface area contributed by atoms with Gasteiger partial charge in [0.05, 0.1) is 0 Å². The maximum atomic E-state index is 5.88. The van der Waals surface area contributed by atoms with Gasteiger partial charge in [0, 0.05) is 31.5 Å². The van der Waals surface area contributed by atoms with Gasteiger partial charge in [-0.1, -0.05) is 0 Å². The normalized spacial score (nSPS) is 20.6. The van der Waals surface area contributed by atoms with E-state index >= 15 is 0 Å². The predicted molar refractivity (Wildman–Crippen MR) is 62.1 cm³/mol. The number of nitrogens with two attached hydrogens (primary N) is 1. The third kappa shape index (κ3) is 1.59. The highest BCUT2D eigenvalue weighted by Crippen LogP contribution is 2.19. The minimum absolute atomic E-state index is 0.263. The first-order valence-corrected chi connectivity index (χ1v) is 5.41. The average Bonchev–Trinajstić information content (AvgIpc) is 2.75. The van der Waals surface area contributed by atoms with Crippen molar-refractivity contribution in [3.63, 3.8) is 0 Å². The number of nitrogens with zero attached hydrogens (tertiary/aromatic N) is 4. The molecule has 2 N–H and O–H groups in total. The number of rotatable bonds is 1. The standard InChI is InChI=1S/C11H13N5/c12-8-3-6-16(7-8)10-2-1-9-11(15-10)14-5-4-13-9/h1-2,4-5,8H,3,6-7,12H2. The van der Waals surface area contributed by atoms with Crippen LogP contribution in [0.2, 0.25) is 0 Å². The second kappa shape index (κ2) is 3.68. The van der Waals surface area contributed by atoms with E-state index in [-0.39, 0.29) is 6.04 Å². The van der Waals surface area contributed by atoms with Gasteiger partial charge in [0.25, 0.3) is 0 Å². The molecule has 2 aromatic heterocycles. The Labute approximate surface area is 93.3 Å². The van der Waals surface area contributed by atoms with Gasteiger partial charge in [-0.2, -0.15) is 0 Å². The van der Waals surface area contributed by atoms with Crippen LogP contribution in [0.25, 0.3) is 11.2 Å². The predicted octanol–water partition coefficient (Wildman–Crippen LogP) is 0.562. The fourth-order valence-electron chi connectivity index (χ4n) is 2.02. The van der Waals surface area contributed by atoms with Crippen LogP contribution in [0.4, 0.5) is 5.82 Å². The van der Waals surface area contributed by atoms with Crippen molar-refractivity contribution in [1.82, 2.24) is 15.0 Å². The lowest BCUT2D eigenvalue weighted by Crippen LogP contribution is -2.26. The Morgan fingerprint density at radius 2 is 2.12 bits per heavy atom. The van der Waals surface area contributed by atoms with E-state index in [1.54, 1.807) is 12.4 Å². The number of pyridine rings is 1. The molecule has 1 aliphatic heterocycles. The SMILES string of the molecule is NC1CCN(c2ccc3nccnc3n2)C1. The van der Waals surface area contributed by atoms with Gasteiger partial charge in [-0.25, -0.2) is 9.97 Å². The van der Waals surface area contributed by atoms with Gasteiger partial charge < -0.3 is 10.6 Å². The maximum absolute atomic E-state index is 5.88. The molecule has 3 heterocycles. The summed E-state index contributed by atoms with van der Waals surface area (Å²) >= 11 is 0. The van der Waals surface area contributed by atoms with Crippen LogP contribution in [0.5, 0.6) is 0 Å². The molecule has 0 amide bonds. The molecule has 0 saturated carbocycles. The molecule has 1 atom stereocenters. The lowest BCUT2D eigenvalue weighted by Gasteiger charge is -2.16. The molecule has 1 unspecified atom stereocenters. The number of hydrogen-bond donors (Lipinski definition) is 1. The van der Waals surface area contributed by atoms with E-state index < -0.39 is 0 Å². The van der Waals surface area contributed by atoms with E-state index in [0.29, 0.717) is 5.65 Å². The average molecular weight is 215 g/mol. The number of anilines is 1. The molecule has 0 radical (unpaired) electrons. The monoisotopic (exact) mass is 215 g/mol. The molecule has 82 valence electrons. The molecule has 1 fully saturated rings. The Morgan fingerprint density at radius 3 is 2.94 bits per heavy atom. The zero-order valence-electron chi connectivity index (χ0n) is 8.87. The summed E-state index contributed by atoms with van der Waals surface area (Å²) in [5.41, 5.74) is 7.40. The van der Waals surface area contributed by atoms with E-state index in [4.69, 9.17) is 5.73 Å². The van der Waals surface area contributed by atoms with E-state index in [1.165, 1.54) is 0 Å². The van der Waals surface area contributed by atoms with Crippen LogP contribution in [0.3, 0.4) is 0 Å². The summed E-state index contributed by atoms with van der Waals surface area (Å²) < 4.78 is 0. The highest BCUT2D eigenvalue weighted by molar-refractivity contribution is 5.71. The van der Waals surface area contributed by atoms with Gasteiger partial charge in [0.15, 0.2) is 5.65 Å². The molecule has 5 heteroatoms. The fraction of sp³-hybridized carbons (Fsp3) is 0.364. The van der Waals surface area contributed by atoms with Crippen LogP contribution in [0.15, 0.2) is 24.5 Å². The molecule has 1 saturated heterocycles. The summed E-state index contributed by atoms with van der Waals surface area (Å²) in [4.78, 5) is 15.1. The highest BCUT2D eigenvalue weighted by Gasteiger charge is 2.20. The van der Waals surface area contributed by atoms with Gasteiger partial charge >= 0.3 is 0 Å². The zero-order chi connectivity index (χ0) is 11.0. The van der Waals surface area contributed by atoms with Crippen molar-refractivity contribution in [3.8, 4) is 0 Å². The molecule has 0 aliphatic carbocycles. The Bertz CT molecular complexity index is 512. The molecule has 5 nitrogen and oxygen atoms in total. The Balaban J connectivity index is 1.99. The lowest BCUT2D eigenvalue weighted by molar-refractivity contribution is 0.751. The van der Waals surface area contributed by atoms with Gasteiger partial charge in [0.2, 0.25) is 0 Å². The van der Waals surface area contributed by atoms with E-state index in [1.807, 2.05) is 12.1 Å². The van der Waals surface area contributed by atoms with Crippen molar-refractivity contribution in [2.75, 3.05) is 18.0 Å². The Morgan fingerprint density at radius 1 is 1.25 bits per heavy atom. The van der Waals surface area contributed by atoms with Crippen LogP contribution in [0, 0.1) is 0 Å². The quantitative estimate of drug-likeness (QED) is 0.753. The second-order valence-corrected chi connectivity index (χ2v) is 4.06. The molecule has 0 spiro atoms.